The van der Waals surface area contributed by atoms with E-state index in [9.17, 15) is 19.2 Å². The average Bonchev–Trinajstić information content (AvgIpc) is 3.47. The van der Waals surface area contributed by atoms with Gasteiger partial charge >= 0.3 is 5.97 Å². The van der Waals surface area contributed by atoms with Crippen LogP contribution in [0.1, 0.15) is 41.6 Å². The zero-order chi connectivity index (χ0) is 23.3. The molecule has 2 aliphatic carbocycles. The molecule has 2 saturated carbocycles. The quantitative estimate of drug-likeness (QED) is 0.367. The molecule has 5 rings (SSSR count). The highest BCUT2D eigenvalue weighted by atomic mass is 35.5. The molecule has 1 heterocycles. The highest BCUT2D eigenvalue weighted by Crippen LogP contribution is 2.61. The number of rotatable bonds is 6. The number of benzene rings is 2. The first-order chi connectivity index (χ1) is 15.8. The summed E-state index contributed by atoms with van der Waals surface area (Å²) in [5.74, 6) is -1.88. The fourth-order valence-electron chi connectivity index (χ4n) is 6.03. The Labute approximate surface area is 196 Å². The van der Waals surface area contributed by atoms with Gasteiger partial charge in [-0.1, -0.05) is 41.9 Å². The average molecular weight is 466 g/mol. The summed E-state index contributed by atoms with van der Waals surface area (Å²) < 4.78 is 5.27. The first kappa shape index (κ1) is 21.8. The fraction of sp³-hybridized carbons (Fsp3) is 0.385. The number of ketones is 1. The predicted octanol–water partition coefficient (Wildman–Crippen LogP) is 3.88. The second kappa shape index (κ2) is 8.41. The molecule has 2 bridgehead atoms. The molecule has 6 atom stereocenters. The van der Waals surface area contributed by atoms with Crippen molar-refractivity contribution >= 4 is 35.2 Å². The van der Waals surface area contributed by atoms with E-state index in [1.165, 1.54) is 12.5 Å². The van der Waals surface area contributed by atoms with E-state index in [2.05, 4.69) is 12.1 Å². The Morgan fingerprint density at radius 1 is 1.00 bits per heavy atom. The predicted molar refractivity (Wildman–Crippen MR) is 120 cm³/mol. The molecule has 170 valence electrons. The van der Waals surface area contributed by atoms with E-state index in [4.69, 9.17) is 16.3 Å². The molecule has 1 saturated heterocycles. The smallest absolute Gasteiger partial charge is 0.326 e. The van der Waals surface area contributed by atoms with E-state index >= 15 is 0 Å². The molecular formula is C26H24ClNO5. The third kappa shape index (κ3) is 3.76. The van der Waals surface area contributed by atoms with Crippen LogP contribution < -0.4 is 0 Å². The van der Waals surface area contributed by atoms with Gasteiger partial charge in [-0.05, 0) is 67.3 Å². The molecule has 33 heavy (non-hydrogen) atoms. The number of ether oxygens (including phenoxy) is 1. The van der Waals surface area contributed by atoms with Crippen molar-refractivity contribution in [3.63, 3.8) is 0 Å². The number of esters is 1. The fourth-order valence-corrected chi connectivity index (χ4v) is 6.15. The summed E-state index contributed by atoms with van der Waals surface area (Å²) in [5, 5.41) is 0.497. The van der Waals surface area contributed by atoms with Gasteiger partial charge in [-0.15, -0.1) is 0 Å². The lowest BCUT2D eigenvalue weighted by atomic mass is 9.73. The Morgan fingerprint density at radius 2 is 1.67 bits per heavy atom. The zero-order valence-electron chi connectivity index (χ0n) is 18.1. The molecule has 3 fully saturated rings. The molecule has 2 aromatic carbocycles. The number of hydrogen-bond donors (Lipinski definition) is 0. The summed E-state index contributed by atoms with van der Waals surface area (Å²) >= 11 is 5.85. The number of amides is 2. The number of carbonyl (C=O) groups excluding carboxylic acids is 4. The molecule has 6 nitrogen and oxygen atoms in total. The zero-order valence-corrected chi connectivity index (χ0v) is 18.9. The minimum atomic E-state index is -1.04. The Hall–Kier alpha value is -2.99. The molecule has 3 aliphatic rings. The van der Waals surface area contributed by atoms with Gasteiger partial charge in [0, 0.05) is 10.6 Å². The highest BCUT2D eigenvalue weighted by molar-refractivity contribution is 6.30. The SMILES string of the molecule is C[C@H](OC(=O)CN1C(=O)[C@@H]2[C@@H]3C[C@@H]([C@H]2C1=O)[C@@H](c1ccccc1)C3)C(=O)c1ccc(Cl)cc1. The van der Waals surface area contributed by atoms with E-state index < -0.39 is 18.6 Å². The molecule has 7 heteroatoms. The molecule has 1 aliphatic heterocycles. The van der Waals surface area contributed by atoms with Gasteiger partial charge < -0.3 is 4.74 Å². The third-order valence-electron chi connectivity index (χ3n) is 7.43. The molecule has 0 unspecified atom stereocenters. The topological polar surface area (TPSA) is 80.8 Å². The van der Waals surface area contributed by atoms with E-state index in [1.807, 2.05) is 18.2 Å². The molecule has 2 amide bonds. The van der Waals surface area contributed by atoms with Crippen molar-refractivity contribution in [2.45, 2.75) is 31.8 Å². The minimum Gasteiger partial charge on any atom is -0.453 e. The van der Waals surface area contributed by atoms with Crippen molar-refractivity contribution in [1.82, 2.24) is 4.90 Å². The number of halogens is 1. The molecule has 0 aromatic heterocycles. The Bertz CT molecular complexity index is 1120. The van der Waals surface area contributed by atoms with Gasteiger partial charge in [0.05, 0.1) is 11.8 Å². The van der Waals surface area contributed by atoms with E-state index in [0.29, 0.717) is 10.6 Å². The normalized spacial score (nSPS) is 28.7. The molecule has 0 spiro atoms. The van der Waals surface area contributed by atoms with Crippen molar-refractivity contribution in [3.8, 4) is 0 Å². The van der Waals surface area contributed by atoms with Gasteiger partial charge in [0.15, 0.2) is 6.10 Å². The lowest BCUT2D eigenvalue weighted by Gasteiger charge is -2.28. The monoisotopic (exact) mass is 465 g/mol. The second-order valence-corrected chi connectivity index (χ2v) is 9.67. The summed E-state index contributed by atoms with van der Waals surface area (Å²) in [6.07, 6.45) is 0.724. The number of likely N-dealkylation sites (tertiary alicyclic amines) is 1. The van der Waals surface area contributed by atoms with Crippen molar-refractivity contribution in [1.29, 1.82) is 0 Å². The first-order valence-corrected chi connectivity index (χ1v) is 11.6. The lowest BCUT2D eigenvalue weighted by Crippen LogP contribution is -2.39. The van der Waals surface area contributed by atoms with E-state index in [0.717, 1.165) is 17.7 Å². The number of fused-ring (bicyclic) bond motifs is 5. The van der Waals surface area contributed by atoms with Gasteiger partial charge in [-0.2, -0.15) is 0 Å². The van der Waals surface area contributed by atoms with Crippen molar-refractivity contribution in [3.05, 3.63) is 70.7 Å². The Morgan fingerprint density at radius 3 is 2.36 bits per heavy atom. The molecule has 0 radical (unpaired) electrons. The van der Waals surface area contributed by atoms with Crippen molar-refractivity contribution in [2.24, 2.45) is 23.7 Å². The summed E-state index contributed by atoms with van der Waals surface area (Å²) in [4.78, 5) is 52.3. The summed E-state index contributed by atoms with van der Waals surface area (Å²) in [6.45, 7) is 1.01. The number of imide groups is 1. The maximum absolute atomic E-state index is 13.2. The van der Waals surface area contributed by atoms with Gasteiger partial charge in [0.2, 0.25) is 17.6 Å². The van der Waals surface area contributed by atoms with Crippen molar-refractivity contribution in [2.75, 3.05) is 6.54 Å². The third-order valence-corrected chi connectivity index (χ3v) is 7.68. The molecule has 0 N–H and O–H groups in total. The van der Waals surface area contributed by atoms with Gasteiger partial charge in [-0.25, -0.2) is 0 Å². The van der Waals surface area contributed by atoms with Crippen LogP contribution in [0.4, 0.5) is 0 Å². The molecular weight excluding hydrogens is 442 g/mol. The van der Waals surface area contributed by atoms with Crippen LogP contribution in [0.25, 0.3) is 0 Å². The van der Waals surface area contributed by atoms with Crippen molar-refractivity contribution < 1.29 is 23.9 Å². The number of Topliss-reactive ketones (excluding diaryl/α,β-unsaturated/α-hetero) is 1. The van der Waals surface area contributed by atoms with Crippen LogP contribution in [0.5, 0.6) is 0 Å². The summed E-state index contributed by atoms with van der Waals surface area (Å²) in [6, 6.07) is 16.4. The number of hydrogen-bond acceptors (Lipinski definition) is 5. The minimum absolute atomic E-state index is 0.116. The van der Waals surface area contributed by atoms with Crippen LogP contribution >= 0.6 is 11.6 Å². The van der Waals surface area contributed by atoms with Crippen LogP contribution in [0.15, 0.2) is 54.6 Å². The van der Waals surface area contributed by atoms with E-state index in [-0.39, 0.29) is 47.2 Å². The van der Waals surface area contributed by atoms with Crippen LogP contribution in [-0.2, 0) is 19.1 Å². The highest BCUT2D eigenvalue weighted by Gasteiger charge is 2.64. The Kier molecular flexibility index (Phi) is 5.57. The largest absolute Gasteiger partial charge is 0.453 e. The van der Waals surface area contributed by atoms with Gasteiger partial charge in [-0.3, -0.25) is 24.1 Å². The van der Waals surface area contributed by atoms with E-state index in [1.54, 1.807) is 24.3 Å². The standard InChI is InChI=1S/C26H24ClNO5/c1-14(24(30)16-7-9-18(27)10-8-16)33-21(29)13-28-25(31)22-17-11-19(15-5-3-2-4-6-15)20(12-17)23(22)26(28)32/h2-10,14,17,19-20,22-23H,11-13H2,1H3/t14-,17-,19+,20+,22+,23+/m0/s1. The number of carbonyl (C=O) groups is 4. The van der Waals surface area contributed by atoms with Crippen LogP contribution in [-0.4, -0.2) is 41.1 Å². The Balaban J connectivity index is 1.24. The summed E-state index contributed by atoms with van der Waals surface area (Å²) in [5.41, 5.74) is 1.57. The molecule has 2 aromatic rings. The van der Waals surface area contributed by atoms with Crippen LogP contribution in [0.2, 0.25) is 5.02 Å². The lowest BCUT2D eigenvalue weighted by molar-refractivity contribution is -0.155. The number of nitrogens with zero attached hydrogens (tertiary/aromatic N) is 1. The van der Waals surface area contributed by atoms with Crippen LogP contribution in [0.3, 0.4) is 0 Å². The van der Waals surface area contributed by atoms with Gasteiger partial charge in [0.25, 0.3) is 0 Å². The maximum atomic E-state index is 13.2. The summed E-state index contributed by atoms with van der Waals surface area (Å²) in [7, 11) is 0. The van der Waals surface area contributed by atoms with Crippen LogP contribution in [0, 0.1) is 23.7 Å². The second-order valence-electron chi connectivity index (χ2n) is 9.23. The first-order valence-electron chi connectivity index (χ1n) is 11.2. The van der Waals surface area contributed by atoms with Gasteiger partial charge in [0.1, 0.15) is 6.54 Å². The maximum Gasteiger partial charge on any atom is 0.326 e.